The van der Waals surface area contributed by atoms with Crippen LogP contribution in [-0.2, 0) is 18.4 Å². The molecule has 8 nitrogen and oxygen atoms in total. The SMILES string of the molecule is CC/C=C\C/C=C\C/C=C\C/C=C\C/C=C\C/C=C\C/C=C\C/C=C\C/C=C\C/C=C\C/C=C\CCCCCCCC(=O)NC(COP(=O)(O)OCC[N+](C)(C)C)C(O)/C=C/CCCCCCCCCCCCCCCCCCCCCCCCCCCCC. The van der Waals surface area contributed by atoms with E-state index in [2.05, 4.69) is 153 Å². The third-order valence-corrected chi connectivity index (χ3v) is 17.0. The first-order valence-corrected chi connectivity index (χ1v) is 38.7. The lowest BCUT2D eigenvalue weighted by Crippen LogP contribution is -2.45. The van der Waals surface area contributed by atoms with Crippen molar-refractivity contribution in [2.24, 2.45) is 0 Å². The second-order valence-corrected chi connectivity index (χ2v) is 27.4. The van der Waals surface area contributed by atoms with Gasteiger partial charge in [0.1, 0.15) is 13.2 Å². The van der Waals surface area contributed by atoms with Crippen molar-refractivity contribution in [3.63, 3.8) is 0 Å². The number of carbonyl (C=O) groups excluding carboxylic acids is 1. The number of likely N-dealkylation sites (N-methyl/N-ethyl adjacent to an activating group) is 1. The van der Waals surface area contributed by atoms with Crippen molar-refractivity contribution in [2.75, 3.05) is 40.9 Å². The third kappa shape index (κ3) is 71.8. The first kappa shape index (κ1) is 86.4. The standard InChI is InChI=1S/C81H141N2O6P/c1-6-8-10-12-14-16-18-20-22-24-26-28-30-32-34-36-37-38-39-40-41-42-43-44-45-47-49-51-53-55-57-59-61-63-65-67-69-71-73-75-81(85)82-79(78-89-90(86,87)88-77-76-83(3,4)5)80(84)74-72-70-68-66-64-62-60-58-56-54-52-50-48-46-35-33-31-29-27-25-23-21-19-17-15-13-11-9-7-2/h8,10,14,16,20,22,26,28,32,34,37-38,40-41,43-44,47,49,53,55,59,61,72,74,79-80,84H,6-7,9,11-13,15,17-19,21,23-25,27,29-31,33,35-36,39,42,45-46,48,50-52,54,56-58,60,62-71,73,75-78H2,1-5H3,(H-,82,85,86,87)/p+1/b10-8-,16-14-,22-20-,28-26-,34-32-,38-37-,41-40-,44-43-,49-47-,55-53-,61-59-,74-72+. The minimum absolute atomic E-state index is 0.0504. The van der Waals surface area contributed by atoms with Gasteiger partial charge >= 0.3 is 7.82 Å². The molecular formula is C81H142N2O6P+. The van der Waals surface area contributed by atoms with Gasteiger partial charge in [0, 0.05) is 6.42 Å². The van der Waals surface area contributed by atoms with Crippen molar-refractivity contribution >= 4 is 13.7 Å². The molecule has 0 aliphatic rings. The first-order chi connectivity index (χ1) is 44.0. The Labute approximate surface area is 557 Å². The predicted molar refractivity (Wildman–Crippen MR) is 396 cm³/mol. The fourth-order valence-electron chi connectivity index (χ4n) is 10.3. The number of quaternary nitrogens is 1. The van der Waals surface area contributed by atoms with E-state index in [1.54, 1.807) is 6.08 Å². The maximum absolute atomic E-state index is 13.1. The van der Waals surface area contributed by atoms with Crippen LogP contribution in [0.25, 0.3) is 0 Å². The molecule has 1 amide bonds. The summed E-state index contributed by atoms with van der Waals surface area (Å²) in [6.45, 7) is 4.70. The molecule has 0 aliphatic heterocycles. The number of hydrogen-bond acceptors (Lipinski definition) is 5. The number of phosphoric acid groups is 1. The zero-order valence-electron chi connectivity index (χ0n) is 59.1. The number of amides is 1. The highest BCUT2D eigenvalue weighted by molar-refractivity contribution is 7.47. The number of unbranched alkanes of at least 4 members (excludes halogenated alkanes) is 32. The quantitative estimate of drug-likeness (QED) is 0.0243. The number of aliphatic hydroxyl groups excluding tert-OH is 1. The molecule has 0 bridgehead atoms. The summed E-state index contributed by atoms with van der Waals surface area (Å²) in [6, 6.07) is -0.870. The minimum Gasteiger partial charge on any atom is -0.387 e. The molecule has 0 fully saturated rings. The van der Waals surface area contributed by atoms with E-state index in [1.165, 1.54) is 161 Å². The number of phosphoric ester groups is 1. The van der Waals surface area contributed by atoms with Crippen LogP contribution in [0.5, 0.6) is 0 Å². The first-order valence-electron chi connectivity index (χ1n) is 37.2. The van der Waals surface area contributed by atoms with Gasteiger partial charge in [-0.1, -0.05) is 346 Å². The number of carbonyl (C=O) groups is 1. The highest BCUT2D eigenvalue weighted by atomic mass is 31.2. The van der Waals surface area contributed by atoms with Crippen LogP contribution in [0.2, 0.25) is 0 Å². The maximum Gasteiger partial charge on any atom is 0.472 e. The second kappa shape index (κ2) is 69.7. The summed E-state index contributed by atoms with van der Waals surface area (Å²) in [6.07, 6.45) is 107. The van der Waals surface area contributed by atoms with E-state index in [1.807, 2.05) is 27.2 Å². The number of aliphatic hydroxyl groups is 1. The van der Waals surface area contributed by atoms with Crippen LogP contribution >= 0.6 is 7.82 Å². The Morgan fingerprint density at radius 1 is 0.389 bits per heavy atom. The zero-order valence-corrected chi connectivity index (χ0v) is 60.0. The van der Waals surface area contributed by atoms with Gasteiger partial charge in [-0.2, -0.15) is 0 Å². The van der Waals surface area contributed by atoms with Gasteiger partial charge in [0.25, 0.3) is 0 Å². The fourth-order valence-corrected chi connectivity index (χ4v) is 11.1. The Hall–Kier alpha value is -3.62. The number of nitrogens with one attached hydrogen (secondary N) is 1. The van der Waals surface area contributed by atoms with Crippen molar-refractivity contribution in [1.29, 1.82) is 0 Å². The predicted octanol–water partition coefficient (Wildman–Crippen LogP) is 24.3. The van der Waals surface area contributed by atoms with Crippen LogP contribution in [0.15, 0.2) is 146 Å². The highest BCUT2D eigenvalue weighted by Gasteiger charge is 2.28. The van der Waals surface area contributed by atoms with Crippen molar-refractivity contribution in [3.8, 4) is 0 Å². The van der Waals surface area contributed by atoms with Crippen LogP contribution < -0.4 is 5.32 Å². The Morgan fingerprint density at radius 3 is 0.978 bits per heavy atom. The summed E-state index contributed by atoms with van der Waals surface area (Å²) in [5, 5.41) is 14.0. The molecule has 516 valence electrons. The molecule has 3 N–H and O–H groups in total. The average molecular weight is 1270 g/mol. The van der Waals surface area contributed by atoms with Gasteiger partial charge in [-0.3, -0.25) is 13.8 Å². The van der Waals surface area contributed by atoms with Crippen molar-refractivity contribution < 1.29 is 32.9 Å². The molecular weight excluding hydrogens is 1130 g/mol. The molecule has 0 aliphatic carbocycles. The van der Waals surface area contributed by atoms with Gasteiger partial charge in [-0.25, -0.2) is 4.57 Å². The van der Waals surface area contributed by atoms with E-state index >= 15 is 0 Å². The monoisotopic (exact) mass is 1270 g/mol. The molecule has 0 aromatic heterocycles. The van der Waals surface area contributed by atoms with Crippen LogP contribution in [0, 0.1) is 0 Å². The average Bonchev–Trinajstić information content (AvgIpc) is 3.72. The Morgan fingerprint density at radius 2 is 0.667 bits per heavy atom. The van der Waals surface area contributed by atoms with Crippen molar-refractivity contribution in [2.45, 2.75) is 321 Å². The van der Waals surface area contributed by atoms with E-state index in [4.69, 9.17) is 9.05 Å². The molecule has 0 saturated heterocycles. The molecule has 90 heavy (non-hydrogen) atoms. The lowest BCUT2D eigenvalue weighted by molar-refractivity contribution is -0.870. The number of nitrogens with zero attached hydrogens (tertiary/aromatic N) is 1. The molecule has 0 rings (SSSR count). The van der Waals surface area contributed by atoms with E-state index < -0.39 is 20.0 Å². The number of hydrogen-bond donors (Lipinski definition) is 3. The van der Waals surface area contributed by atoms with Gasteiger partial charge in [0.2, 0.25) is 5.91 Å². The molecule has 3 unspecified atom stereocenters. The molecule has 0 spiro atoms. The van der Waals surface area contributed by atoms with E-state index in [9.17, 15) is 19.4 Å². The summed E-state index contributed by atoms with van der Waals surface area (Å²) in [7, 11) is 1.55. The smallest absolute Gasteiger partial charge is 0.387 e. The Bertz CT molecular complexity index is 1980. The zero-order chi connectivity index (χ0) is 65.5. The summed E-state index contributed by atoms with van der Waals surface area (Å²) in [4.78, 5) is 23.5. The van der Waals surface area contributed by atoms with Gasteiger partial charge in [-0.05, 0) is 103 Å². The highest BCUT2D eigenvalue weighted by Crippen LogP contribution is 2.43. The molecule has 0 heterocycles. The van der Waals surface area contributed by atoms with Crippen LogP contribution in [-0.4, -0.2) is 73.4 Å². The van der Waals surface area contributed by atoms with Crippen molar-refractivity contribution in [1.82, 2.24) is 5.32 Å². The summed E-state index contributed by atoms with van der Waals surface area (Å²) in [5.41, 5.74) is 0. The third-order valence-electron chi connectivity index (χ3n) is 16.1. The number of allylic oxidation sites excluding steroid dienone is 23. The summed E-state index contributed by atoms with van der Waals surface area (Å²) < 4.78 is 23.8. The molecule has 0 aromatic rings. The summed E-state index contributed by atoms with van der Waals surface area (Å²) >= 11 is 0. The second-order valence-electron chi connectivity index (χ2n) is 25.9. The Balaban J connectivity index is 4.17. The molecule has 0 saturated carbocycles. The van der Waals surface area contributed by atoms with E-state index in [0.29, 0.717) is 17.4 Å². The van der Waals surface area contributed by atoms with Crippen LogP contribution in [0.3, 0.4) is 0 Å². The lowest BCUT2D eigenvalue weighted by atomic mass is 10.0. The molecule has 0 aromatic carbocycles. The maximum atomic E-state index is 13.1. The van der Waals surface area contributed by atoms with Crippen LogP contribution in [0.4, 0.5) is 0 Å². The minimum atomic E-state index is -4.37. The lowest BCUT2D eigenvalue weighted by Gasteiger charge is -2.25. The topological polar surface area (TPSA) is 105 Å². The van der Waals surface area contributed by atoms with E-state index in [0.717, 1.165) is 128 Å². The van der Waals surface area contributed by atoms with Gasteiger partial charge < -0.3 is 19.8 Å². The Kier molecular flexibility index (Phi) is 66.9. The van der Waals surface area contributed by atoms with Crippen LogP contribution in [0.1, 0.15) is 309 Å². The van der Waals surface area contributed by atoms with Gasteiger partial charge in [-0.15, -0.1) is 0 Å². The molecule has 9 heteroatoms. The molecule has 3 atom stereocenters. The summed E-state index contributed by atoms with van der Waals surface area (Å²) in [5.74, 6) is -0.198. The normalized spacial score (nSPS) is 14.4. The van der Waals surface area contributed by atoms with Crippen molar-refractivity contribution in [3.05, 3.63) is 146 Å². The van der Waals surface area contributed by atoms with Gasteiger partial charge in [0.15, 0.2) is 0 Å². The fraction of sp³-hybridized carbons (Fsp3) is 0.691. The number of rotatable bonds is 67. The largest absolute Gasteiger partial charge is 0.472 e. The van der Waals surface area contributed by atoms with E-state index in [-0.39, 0.29) is 19.1 Å². The van der Waals surface area contributed by atoms with Gasteiger partial charge in [0.05, 0.1) is 39.9 Å². The molecule has 0 radical (unpaired) electrons.